The summed E-state index contributed by atoms with van der Waals surface area (Å²) in [4.78, 5) is 0. The molecule has 2 saturated heterocycles. The zero-order valence-corrected chi connectivity index (χ0v) is 22.9. The number of rotatable bonds is 1. The first-order valence-electron chi connectivity index (χ1n) is 14.6. The van der Waals surface area contributed by atoms with Crippen LogP contribution in [0.2, 0.25) is 0 Å². The zero-order valence-electron chi connectivity index (χ0n) is 22.9. The molecule has 5 nitrogen and oxygen atoms in total. The van der Waals surface area contributed by atoms with Crippen molar-refractivity contribution in [3.63, 3.8) is 0 Å². The highest BCUT2D eigenvalue weighted by Gasteiger charge is 2.88. The van der Waals surface area contributed by atoms with Crippen LogP contribution < -0.4 is 0 Å². The Morgan fingerprint density at radius 3 is 2.20 bits per heavy atom. The quantitative estimate of drug-likeness (QED) is 0.500. The average molecular weight is 489 g/mol. The van der Waals surface area contributed by atoms with Crippen molar-refractivity contribution in [1.29, 1.82) is 0 Å². The Balaban J connectivity index is 1.33. The van der Waals surface area contributed by atoms with E-state index in [0.717, 1.165) is 38.5 Å². The van der Waals surface area contributed by atoms with Crippen molar-refractivity contribution in [2.45, 2.75) is 136 Å². The van der Waals surface area contributed by atoms with Crippen LogP contribution in [0.1, 0.15) is 99.8 Å². The lowest BCUT2D eigenvalue weighted by Gasteiger charge is -2.63. The van der Waals surface area contributed by atoms with Crippen molar-refractivity contribution in [2.24, 2.45) is 50.7 Å². The second kappa shape index (κ2) is 6.33. The van der Waals surface area contributed by atoms with Crippen molar-refractivity contribution >= 4 is 0 Å². The summed E-state index contributed by atoms with van der Waals surface area (Å²) in [6.45, 7) is 15.4. The fourth-order valence-corrected chi connectivity index (χ4v) is 12.7. The maximum absolute atomic E-state index is 12.5. The zero-order chi connectivity index (χ0) is 25.2. The molecule has 2 heterocycles. The van der Waals surface area contributed by atoms with E-state index in [1.165, 1.54) is 12.8 Å². The van der Waals surface area contributed by atoms with Crippen LogP contribution in [-0.4, -0.2) is 51.1 Å². The van der Waals surface area contributed by atoms with Gasteiger partial charge in [0.05, 0.1) is 17.8 Å². The third-order valence-corrected chi connectivity index (χ3v) is 14.2. The van der Waals surface area contributed by atoms with Crippen molar-refractivity contribution in [1.82, 2.24) is 0 Å². The number of hydrogen-bond acceptors (Lipinski definition) is 5. The van der Waals surface area contributed by atoms with Crippen LogP contribution in [0, 0.1) is 50.7 Å². The highest BCUT2D eigenvalue weighted by molar-refractivity contribution is 5.34. The van der Waals surface area contributed by atoms with Gasteiger partial charge in [0, 0.05) is 11.3 Å². The summed E-state index contributed by atoms with van der Waals surface area (Å²) >= 11 is 0. The molecule has 0 aromatic heterocycles. The maximum atomic E-state index is 12.5. The number of aliphatic hydroxyl groups excluding tert-OH is 2. The summed E-state index contributed by atoms with van der Waals surface area (Å²) in [7, 11) is 0. The second-order valence-corrected chi connectivity index (χ2v) is 15.9. The summed E-state index contributed by atoms with van der Waals surface area (Å²) in [5.74, 6) is 0.523. The van der Waals surface area contributed by atoms with Gasteiger partial charge in [-0.05, 0) is 105 Å². The van der Waals surface area contributed by atoms with Crippen LogP contribution >= 0.6 is 0 Å². The van der Waals surface area contributed by atoms with Gasteiger partial charge in [0.15, 0.2) is 5.79 Å². The third kappa shape index (κ3) is 2.30. The molecule has 7 fully saturated rings. The topological polar surface area (TPSA) is 79.2 Å². The normalized spacial score (nSPS) is 63.9. The van der Waals surface area contributed by atoms with Crippen molar-refractivity contribution < 1.29 is 24.8 Å². The van der Waals surface area contributed by atoms with Gasteiger partial charge in [0.2, 0.25) is 0 Å². The summed E-state index contributed by atoms with van der Waals surface area (Å²) in [6, 6.07) is 0. The van der Waals surface area contributed by atoms with E-state index in [4.69, 9.17) is 9.47 Å². The number of aliphatic hydroxyl groups is 3. The largest absolute Gasteiger partial charge is 0.393 e. The van der Waals surface area contributed by atoms with E-state index in [-0.39, 0.29) is 39.8 Å². The highest BCUT2D eigenvalue weighted by Crippen LogP contribution is 2.90. The minimum atomic E-state index is -1.01. The first kappa shape index (κ1) is 23.9. The number of fused-ring (bicyclic) bond motifs is 4. The molecular formula is C30H48O5. The summed E-state index contributed by atoms with van der Waals surface area (Å²) in [5, 5.41) is 34.4. The van der Waals surface area contributed by atoms with Gasteiger partial charge in [-0.1, -0.05) is 34.6 Å². The maximum Gasteiger partial charge on any atom is 0.199 e. The fraction of sp³-hybridized carbons (Fsp3) is 1.00. The Morgan fingerprint density at radius 2 is 1.51 bits per heavy atom. The van der Waals surface area contributed by atoms with Gasteiger partial charge in [-0.3, -0.25) is 0 Å². The Labute approximate surface area is 211 Å². The predicted octanol–water partition coefficient (Wildman–Crippen LogP) is 4.66. The molecule has 3 spiro atoms. The van der Waals surface area contributed by atoms with E-state index in [0.29, 0.717) is 23.2 Å². The van der Waals surface area contributed by atoms with Gasteiger partial charge in [-0.2, -0.15) is 0 Å². The van der Waals surface area contributed by atoms with Crippen LogP contribution in [0.5, 0.6) is 0 Å². The van der Waals surface area contributed by atoms with Gasteiger partial charge in [-0.15, -0.1) is 0 Å². The highest BCUT2D eigenvalue weighted by atomic mass is 16.8. The van der Waals surface area contributed by atoms with E-state index >= 15 is 0 Å². The predicted molar refractivity (Wildman–Crippen MR) is 132 cm³/mol. The van der Waals surface area contributed by atoms with E-state index in [1.807, 2.05) is 13.8 Å². The number of hydrogen-bond donors (Lipinski definition) is 3. The Bertz CT molecular complexity index is 957. The van der Waals surface area contributed by atoms with Crippen molar-refractivity contribution in [2.75, 3.05) is 0 Å². The third-order valence-electron chi connectivity index (χ3n) is 14.2. The second-order valence-electron chi connectivity index (χ2n) is 15.9. The monoisotopic (exact) mass is 488 g/mol. The van der Waals surface area contributed by atoms with Crippen LogP contribution in [0.25, 0.3) is 0 Å². The molecule has 0 amide bonds. The van der Waals surface area contributed by atoms with Crippen LogP contribution in [0.4, 0.5) is 0 Å². The summed E-state index contributed by atoms with van der Waals surface area (Å²) < 4.78 is 13.6. The Morgan fingerprint density at radius 1 is 0.857 bits per heavy atom. The molecule has 5 heteroatoms. The number of ether oxygens (including phenoxy) is 2. The molecule has 7 rings (SSSR count). The van der Waals surface area contributed by atoms with E-state index in [1.54, 1.807) is 0 Å². The first-order chi connectivity index (χ1) is 16.1. The SMILES string of the molecule is C[C@@H]1CC2OC3(O[C@@H]2C(C)(C)O)[C@H]1[C@@]1(C)CC[C@@]24C[C@@]25CC[C@H](O)C(C)(C)[C@@H]5CCC4[C@]1(C)[C@H]3O. The van der Waals surface area contributed by atoms with Gasteiger partial charge in [-0.25, -0.2) is 0 Å². The molecule has 5 saturated carbocycles. The molecule has 3 unspecified atom stereocenters. The van der Waals surface area contributed by atoms with Gasteiger partial charge in [0.25, 0.3) is 0 Å². The average Bonchev–Trinajstić information content (AvgIpc) is 3.28. The summed E-state index contributed by atoms with van der Waals surface area (Å²) in [6.07, 6.45) is 7.36. The van der Waals surface area contributed by atoms with Crippen molar-refractivity contribution in [3.8, 4) is 0 Å². The molecule has 0 aromatic carbocycles. The molecule has 0 radical (unpaired) electrons. The van der Waals surface area contributed by atoms with Crippen LogP contribution in [-0.2, 0) is 9.47 Å². The van der Waals surface area contributed by atoms with Gasteiger partial charge in [0.1, 0.15) is 12.2 Å². The lowest BCUT2D eigenvalue weighted by atomic mass is 9.41. The van der Waals surface area contributed by atoms with E-state index in [2.05, 4.69) is 34.6 Å². The van der Waals surface area contributed by atoms with E-state index in [9.17, 15) is 15.3 Å². The minimum Gasteiger partial charge on any atom is -0.393 e. The molecule has 2 aliphatic heterocycles. The van der Waals surface area contributed by atoms with Gasteiger partial charge >= 0.3 is 0 Å². The smallest absolute Gasteiger partial charge is 0.199 e. The van der Waals surface area contributed by atoms with Crippen LogP contribution in [0.15, 0.2) is 0 Å². The fourth-order valence-electron chi connectivity index (χ4n) is 12.7. The molecule has 5 aliphatic carbocycles. The molecular weight excluding hydrogens is 440 g/mol. The lowest BCUT2D eigenvalue weighted by Crippen LogP contribution is -2.60. The summed E-state index contributed by atoms with van der Waals surface area (Å²) in [5.41, 5.74) is -0.788. The minimum absolute atomic E-state index is 0.0331. The molecule has 7 aliphatic rings. The molecule has 2 bridgehead atoms. The molecule has 13 atom stereocenters. The van der Waals surface area contributed by atoms with Crippen LogP contribution in [0.3, 0.4) is 0 Å². The van der Waals surface area contributed by atoms with E-state index < -0.39 is 23.6 Å². The molecule has 0 aromatic rings. The molecule has 3 N–H and O–H groups in total. The van der Waals surface area contributed by atoms with Gasteiger partial charge < -0.3 is 24.8 Å². The molecule has 35 heavy (non-hydrogen) atoms. The van der Waals surface area contributed by atoms with Crippen molar-refractivity contribution in [3.05, 3.63) is 0 Å². The first-order valence-corrected chi connectivity index (χ1v) is 14.6. The Hall–Kier alpha value is -0.200. The standard InChI is InChI=1S/C30H48O5/c1-16-14-17-22(25(4,5)33)35-30(34-17)21(16)26(6)12-13-29-15-28(29)11-10-20(31)24(2,3)18(28)8-9-19(29)27(26,7)23(30)32/h16-23,31-33H,8-15H2,1-7H3/t16-,17?,18+,19?,20+,21-,22+,23-,26-,27-,28-,29+,30?/m1/s1. The Kier molecular flexibility index (Phi) is 4.32. The lowest BCUT2D eigenvalue weighted by molar-refractivity contribution is -0.282. The molecule has 198 valence electrons.